The van der Waals surface area contributed by atoms with E-state index in [1.165, 1.54) is 5.56 Å². The molecule has 5 heteroatoms. The van der Waals surface area contributed by atoms with E-state index >= 15 is 0 Å². The van der Waals surface area contributed by atoms with Gasteiger partial charge in [0.05, 0.1) is 10.7 Å². The number of hydrogen-bond acceptors (Lipinski definition) is 4. The van der Waals surface area contributed by atoms with Crippen molar-refractivity contribution in [3.63, 3.8) is 0 Å². The molecule has 0 aliphatic carbocycles. The lowest BCUT2D eigenvalue weighted by molar-refractivity contribution is -0.116. The minimum Gasteiger partial charge on any atom is -0.326 e. The number of hydrogen-bond donors (Lipinski definition) is 1. The Balaban J connectivity index is 1.61. The van der Waals surface area contributed by atoms with Gasteiger partial charge in [-0.2, -0.15) is 0 Å². The molecule has 2 heterocycles. The number of thiazole rings is 1. The summed E-state index contributed by atoms with van der Waals surface area (Å²) in [4.78, 5) is 21.0. The summed E-state index contributed by atoms with van der Waals surface area (Å²) in [6, 6.07) is 8.06. The summed E-state index contributed by atoms with van der Waals surface area (Å²) >= 11 is 1.58. The Hall–Kier alpha value is -2.53. The number of rotatable bonds is 5. The van der Waals surface area contributed by atoms with E-state index in [4.69, 9.17) is 0 Å². The molecule has 0 bridgehead atoms. The third-order valence-corrected chi connectivity index (χ3v) is 4.93. The summed E-state index contributed by atoms with van der Waals surface area (Å²) in [5, 5.41) is 6.02. The van der Waals surface area contributed by atoms with Crippen LogP contribution in [0.15, 0.2) is 42.0 Å². The van der Waals surface area contributed by atoms with E-state index < -0.39 is 0 Å². The van der Waals surface area contributed by atoms with Gasteiger partial charge in [0.25, 0.3) is 0 Å². The average Bonchev–Trinajstić information content (AvgIpc) is 3.06. The lowest BCUT2D eigenvalue weighted by atomic mass is 10.0. The van der Waals surface area contributed by atoms with Crippen LogP contribution in [0.5, 0.6) is 0 Å². The van der Waals surface area contributed by atoms with E-state index in [2.05, 4.69) is 34.3 Å². The van der Waals surface area contributed by atoms with Gasteiger partial charge in [0.15, 0.2) is 0 Å². The molecule has 3 rings (SSSR count). The van der Waals surface area contributed by atoms with Crippen LogP contribution >= 0.6 is 11.3 Å². The van der Waals surface area contributed by atoms with Crippen LogP contribution in [0.25, 0.3) is 11.3 Å². The zero-order valence-corrected chi connectivity index (χ0v) is 15.5. The fraction of sp³-hybridized carbons (Fsp3) is 0.250. The third kappa shape index (κ3) is 4.31. The SMILES string of the molecule is Cc1cc(C)c(NC(=O)CCc2nc(-c3cccnc3)cs2)c(C)c1. The largest absolute Gasteiger partial charge is 0.326 e. The molecule has 0 saturated heterocycles. The number of nitrogens with zero attached hydrogens (tertiary/aromatic N) is 2. The average molecular weight is 351 g/mol. The zero-order valence-electron chi connectivity index (χ0n) is 14.7. The van der Waals surface area contributed by atoms with Crippen molar-refractivity contribution in [1.82, 2.24) is 9.97 Å². The maximum Gasteiger partial charge on any atom is 0.224 e. The zero-order chi connectivity index (χ0) is 17.8. The molecule has 1 amide bonds. The van der Waals surface area contributed by atoms with E-state index in [0.717, 1.165) is 33.1 Å². The second kappa shape index (κ2) is 7.57. The molecule has 0 atom stereocenters. The predicted molar refractivity (Wildman–Crippen MR) is 103 cm³/mol. The predicted octanol–water partition coefficient (Wildman–Crippen LogP) is 4.70. The molecule has 1 N–H and O–H groups in total. The van der Waals surface area contributed by atoms with Crippen LogP contribution < -0.4 is 5.32 Å². The van der Waals surface area contributed by atoms with Crippen LogP contribution in [0, 0.1) is 20.8 Å². The smallest absolute Gasteiger partial charge is 0.224 e. The summed E-state index contributed by atoms with van der Waals surface area (Å²) in [6.45, 7) is 6.11. The van der Waals surface area contributed by atoms with Gasteiger partial charge in [0, 0.05) is 41.9 Å². The van der Waals surface area contributed by atoms with E-state index in [1.807, 2.05) is 31.4 Å². The molecule has 0 radical (unpaired) electrons. The van der Waals surface area contributed by atoms with Crippen molar-refractivity contribution in [2.45, 2.75) is 33.6 Å². The lowest BCUT2D eigenvalue weighted by Gasteiger charge is -2.12. The highest BCUT2D eigenvalue weighted by molar-refractivity contribution is 7.09. The van der Waals surface area contributed by atoms with Crippen LogP contribution in [0.1, 0.15) is 28.1 Å². The van der Waals surface area contributed by atoms with Crippen molar-refractivity contribution in [3.05, 3.63) is 63.7 Å². The topological polar surface area (TPSA) is 54.9 Å². The van der Waals surface area contributed by atoms with E-state index in [-0.39, 0.29) is 5.91 Å². The first-order chi connectivity index (χ1) is 12.0. The van der Waals surface area contributed by atoms with E-state index in [9.17, 15) is 4.79 Å². The lowest BCUT2D eigenvalue weighted by Crippen LogP contribution is -2.14. The van der Waals surface area contributed by atoms with Crippen molar-refractivity contribution < 1.29 is 4.79 Å². The molecular weight excluding hydrogens is 330 g/mol. The Morgan fingerprint density at radius 2 is 1.96 bits per heavy atom. The highest BCUT2D eigenvalue weighted by Gasteiger charge is 2.10. The van der Waals surface area contributed by atoms with Gasteiger partial charge in [0.1, 0.15) is 0 Å². The maximum absolute atomic E-state index is 12.3. The molecule has 3 aromatic rings. The Morgan fingerprint density at radius 1 is 1.20 bits per heavy atom. The Bertz CT molecular complexity index is 864. The number of benzene rings is 1. The van der Waals surface area contributed by atoms with Crippen LogP contribution in [0.2, 0.25) is 0 Å². The van der Waals surface area contributed by atoms with Crippen molar-refractivity contribution in [1.29, 1.82) is 0 Å². The summed E-state index contributed by atoms with van der Waals surface area (Å²) in [5.74, 6) is 0.0215. The van der Waals surface area contributed by atoms with Gasteiger partial charge in [-0.3, -0.25) is 9.78 Å². The summed E-state index contributed by atoms with van der Waals surface area (Å²) < 4.78 is 0. The van der Waals surface area contributed by atoms with Gasteiger partial charge in [-0.05, 0) is 44.0 Å². The van der Waals surface area contributed by atoms with Crippen LogP contribution in [-0.4, -0.2) is 15.9 Å². The van der Waals surface area contributed by atoms with E-state index in [1.54, 1.807) is 23.7 Å². The van der Waals surface area contributed by atoms with Crippen LogP contribution in [0.4, 0.5) is 5.69 Å². The number of anilines is 1. The highest BCUT2D eigenvalue weighted by atomic mass is 32.1. The Labute approximate surface area is 152 Å². The quantitative estimate of drug-likeness (QED) is 0.725. The summed E-state index contributed by atoms with van der Waals surface area (Å²) in [5.41, 5.74) is 6.24. The van der Waals surface area contributed by atoms with Gasteiger partial charge < -0.3 is 5.32 Å². The third-order valence-electron chi connectivity index (χ3n) is 4.02. The number of pyridine rings is 1. The van der Waals surface area contributed by atoms with Crippen LogP contribution in [-0.2, 0) is 11.2 Å². The molecule has 4 nitrogen and oxygen atoms in total. The number of amides is 1. The van der Waals surface area contributed by atoms with Gasteiger partial charge in [-0.25, -0.2) is 4.98 Å². The molecule has 0 fully saturated rings. The molecule has 25 heavy (non-hydrogen) atoms. The number of aromatic nitrogens is 2. The first-order valence-electron chi connectivity index (χ1n) is 8.25. The van der Waals surface area contributed by atoms with Crippen molar-refractivity contribution >= 4 is 22.9 Å². The van der Waals surface area contributed by atoms with Crippen molar-refractivity contribution in [2.24, 2.45) is 0 Å². The first-order valence-corrected chi connectivity index (χ1v) is 9.13. The van der Waals surface area contributed by atoms with Gasteiger partial charge >= 0.3 is 0 Å². The molecule has 2 aromatic heterocycles. The molecule has 0 unspecified atom stereocenters. The molecule has 0 aliphatic heterocycles. The summed E-state index contributed by atoms with van der Waals surface area (Å²) in [7, 11) is 0. The molecule has 0 spiro atoms. The maximum atomic E-state index is 12.3. The Kier molecular flexibility index (Phi) is 5.24. The number of carbonyl (C=O) groups is 1. The second-order valence-corrected chi connectivity index (χ2v) is 7.13. The molecule has 1 aromatic carbocycles. The normalized spacial score (nSPS) is 10.7. The first kappa shape index (κ1) is 17.3. The number of carbonyl (C=O) groups excluding carboxylic acids is 1. The standard InChI is InChI=1S/C20H21N3OS/c1-13-9-14(2)20(15(3)10-13)23-18(24)6-7-19-22-17(12-25-19)16-5-4-8-21-11-16/h4-5,8-12H,6-7H2,1-3H3,(H,23,24). The van der Waals surface area contributed by atoms with Crippen molar-refractivity contribution in [2.75, 3.05) is 5.32 Å². The monoisotopic (exact) mass is 351 g/mol. The van der Waals surface area contributed by atoms with Gasteiger partial charge in [-0.1, -0.05) is 17.7 Å². The van der Waals surface area contributed by atoms with Crippen LogP contribution in [0.3, 0.4) is 0 Å². The molecule has 0 aliphatic rings. The minimum absolute atomic E-state index is 0.0215. The van der Waals surface area contributed by atoms with Gasteiger partial charge in [0.2, 0.25) is 5.91 Å². The minimum atomic E-state index is 0.0215. The Morgan fingerprint density at radius 3 is 2.64 bits per heavy atom. The summed E-state index contributed by atoms with van der Waals surface area (Å²) in [6.07, 6.45) is 4.61. The van der Waals surface area contributed by atoms with Crippen molar-refractivity contribution in [3.8, 4) is 11.3 Å². The second-order valence-electron chi connectivity index (χ2n) is 6.19. The molecular formula is C20H21N3OS. The number of nitrogens with one attached hydrogen (secondary N) is 1. The molecule has 128 valence electrons. The fourth-order valence-corrected chi connectivity index (χ4v) is 3.68. The van der Waals surface area contributed by atoms with Gasteiger partial charge in [-0.15, -0.1) is 11.3 Å². The number of aryl methyl sites for hydroxylation is 4. The highest BCUT2D eigenvalue weighted by Crippen LogP contribution is 2.24. The fourth-order valence-electron chi connectivity index (χ4n) is 2.87. The van der Waals surface area contributed by atoms with E-state index in [0.29, 0.717) is 12.8 Å². The molecule has 0 saturated carbocycles.